The molecule has 1 rings (SSSR count). The quantitative estimate of drug-likeness (QED) is 0.809. The lowest BCUT2D eigenvalue weighted by Crippen LogP contribution is -2.24. The molecule has 108 valence electrons. The van der Waals surface area contributed by atoms with Crippen LogP contribution in [0, 0.1) is 0 Å². The molecule has 0 amide bonds. The minimum atomic E-state index is -4.16. The molecule has 0 aliphatic carbocycles. The molecule has 0 radical (unpaired) electrons. The molecular weight excluding hydrogens is 257 g/mol. The molecule has 3 nitrogen and oxygen atoms in total. The maximum absolute atomic E-state index is 12.2. The molecule has 0 atom stereocenters. The molecule has 19 heavy (non-hydrogen) atoms. The van der Waals surface area contributed by atoms with Crippen LogP contribution in [-0.4, -0.2) is 26.4 Å². The normalized spacial score (nSPS) is 11.4. The number of halogens is 3. The third kappa shape index (κ3) is 5.72. The average Bonchev–Trinajstić information content (AvgIpc) is 2.31. The molecule has 2 N–H and O–H groups in total. The molecular formula is C13H19F3N2O. The number of alkyl halides is 3. The van der Waals surface area contributed by atoms with Gasteiger partial charge in [0.2, 0.25) is 0 Å². The van der Waals surface area contributed by atoms with Crippen molar-refractivity contribution in [2.24, 2.45) is 0 Å². The van der Waals surface area contributed by atoms with Gasteiger partial charge in [0, 0.05) is 37.1 Å². The zero-order valence-electron chi connectivity index (χ0n) is 11.1. The highest BCUT2D eigenvalue weighted by Crippen LogP contribution is 2.27. The standard InChI is InChI=1S/C13H19F3N2O/c1-3-6-19-12-8-10(17)7-11(9-12)18(2)5-4-13(14,15)16/h7-9H,3-6,17H2,1-2H3. The molecule has 0 aliphatic rings. The summed E-state index contributed by atoms with van der Waals surface area (Å²) in [5.41, 5.74) is 6.82. The second-order valence-corrected chi connectivity index (χ2v) is 4.40. The van der Waals surface area contributed by atoms with Crippen molar-refractivity contribution >= 4 is 11.4 Å². The van der Waals surface area contributed by atoms with Crippen LogP contribution >= 0.6 is 0 Å². The first-order valence-corrected chi connectivity index (χ1v) is 6.13. The van der Waals surface area contributed by atoms with E-state index in [0.29, 0.717) is 23.7 Å². The van der Waals surface area contributed by atoms with Crippen molar-refractivity contribution < 1.29 is 17.9 Å². The fourth-order valence-electron chi connectivity index (χ4n) is 1.55. The van der Waals surface area contributed by atoms with Gasteiger partial charge in [-0.3, -0.25) is 0 Å². The number of ether oxygens (including phenoxy) is 1. The van der Waals surface area contributed by atoms with E-state index >= 15 is 0 Å². The molecule has 0 bridgehead atoms. The molecule has 1 aromatic carbocycles. The van der Waals surface area contributed by atoms with Gasteiger partial charge in [-0.25, -0.2) is 0 Å². The first kappa shape index (κ1) is 15.5. The SMILES string of the molecule is CCCOc1cc(N)cc(N(C)CCC(F)(F)F)c1. The minimum absolute atomic E-state index is 0.111. The molecule has 1 aromatic rings. The third-order valence-corrected chi connectivity index (χ3v) is 2.56. The van der Waals surface area contributed by atoms with Crippen molar-refractivity contribution in [2.75, 3.05) is 30.8 Å². The minimum Gasteiger partial charge on any atom is -0.493 e. The molecule has 0 aromatic heterocycles. The molecule has 0 fully saturated rings. The van der Waals surface area contributed by atoms with Gasteiger partial charge in [0.25, 0.3) is 0 Å². The summed E-state index contributed by atoms with van der Waals surface area (Å²) in [5.74, 6) is 0.579. The first-order chi connectivity index (χ1) is 8.81. The average molecular weight is 276 g/mol. The Labute approximate surface area is 111 Å². The predicted octanol–water partition coefficient (Wildman–Crippen LogP) is 3.45. The van der Waals surface area contributed by atoms with Crippen LogP contribution < -0.4 is 15.4 Å². The monoisotopic (exact) mass is 276 g/mol. The highest BCUT2D eigenvalue weighted by Gasteiger charge is 2.27. The summed E-state index contributed by atoms with van der Waals surface area (Å²) < 4.78 is 42.0. The van der Waals surface area contributed by atoms with Gasteiger partial charge in [0.1, 0.15) is 5.75 Å². The Hall–Kier alpha value is -1.59. The molecule has 0 unspecified atom stereocenters. The maximum atomic E-state index is 12.2. The van der Waals surface area contributed by atoms with Crippen molar-refractivity contribution in [1.82, 2.24) is 0 Å². The Balaban J connectivity index is 2.73. The molecule has 0 aliphatic heterocycles. The summed E-state index contributed by atoms with van der Waals surface area (Å²) in [4.78, 5) is 1.52. The van der Waals surface area contributed by atoms with E-state index in [1.165, 1.54) is 4.90 Å². The van der Waals surface area contributed by atoms with Gasteiger partial charge < -0.3 is 15.4 Å². The Bertz CT molecular complexity index is 407. The van der Waals surface area contributed by atoms with Crippen molar-refractivity contribution in [1.29, 1.82) is 0 Å². The van der Waals surface area contributed by atoms with E-state index < -0.39 is 12.6 Å². The Kier molecular flexibility index (Phi) is 5.32. The van der Waals surface area contributed by atoms with E-state index in [1.54, 1.807) is 25.2 Å². The predicted molar refractivity (Wildman–Crippen MR) is 70.6 cm³/mol. The summed E-state index contributed by atoms with van der Waals surface area (Å²) in [6.07, 6.45) is -4.16. The number of nitrogens with zero attached hydrogens (tertiary/aromatic N) is 1. The van der Waals surface area contributed by atoms with Gasteiger partial charge in [-0.05, 0) is 12.5 Å². The fraction of sp³-hybridized carbons (Fsp3) is 0.538. The van der Waals surface area contributed by atoms with Gasteiger partial charge >= 0.3 is 6.18 Å². The highest BCUT2D eigenvalue weighted by molar-refractivity contribution is 5.60. The number of hydrogen-bond acceptors (Lipinski definition) is 3. The van der Waals surface area contributed by atoms with Gasteiger partial charge in [-0.1, -0.05) is 6.92 Å². The lowest BCUT2D eigenvalue weighted by molar-refractivity contribution is -0.132. The number of benzene rings is 1. The van der Waals surface area contributed by atoms with Crippen molar-refractivity contribution in [3.05, 3.63) is 18.2 Å². The van der Waals surface area contributed by atoms with Crippen LogP contribution in [0.3, 0.4) is 0 Å². The van der Waals surface area contributed by atoms with Gasteiger partial charge in [0.05, 0.1) is 13.0 Å². The summed E-state index contributed by atoms with van der Waals surface area (Å²) in [6.45, 7) is 2.41. The van der Waals surface area contributed by atoms with Crippen molar-refractivity contribution in [3.8, 4) is 5.75 Å². The molecule has 0 heterocycles. The molecule has 0 spiro atoms. The smallest absolute Gasteiger partial charge is 0.390 e. The van der Waals surface area contributed by atoms with Gasteiger partial charge in [-0.15, -0.1) is 0 Å². The highest BCUT2D eigenvalue weighted by atomic mass is 19.4. The second-order valence-electron chi connectivity index (χ2n) is 4.40. The van der Waals surface area contributed by atoms with E-state index in [9.17, 15) is 13.2 Å². The van der Waals surface area contributed by atoms with Crippen LogP contribution in [-0.2, 0) is 0 Å². The van der Waals surface area contributed by atoms with Crippen LogP contribution in [0.4, 0.5) is 24.5 Å². The van der Waals surface area contributed by atoms with Crippen LogP contribution in [0.25, 0.3) is 0 Å². The molecule has 0 saturated carbocycles. The van der Waals surface area contributed by atoms with Crippen LogP contribution in [0.2, 0.25) is 0 Å². The van der Waals surface area contributed by atoms with Crippen LogP contribution in [0.5, 0.6) is 5.75 Å². The third-order valence-electron chi connectivity index (χ3n) is 2.56. The van der Waals surface area contributed by atoms with E-state index in [2.05, 4.69) is 0 Å². The maximum Gasteiger partial charge on any atom is 0.390 e. The van der Waals surface area contributed by atoms with Gasteiger partial charge in [0.15, 0.2) is 0 Å². The Morgan fingerprint density at radius 3 is 2.53 bits per heavy atom. The number of nitrogen functional groups attached to an aromatic ring is 1. The summed E-state index contributed by atoms with van der Waals surface area (Å²) in [6, 6.07) is 4.99. The lowest BCUT2D eigenvalue weighted by atomic mass is 10.2. The second kappa shape index (κ2) is 6.54. The molecule has 6 heteroatoms. The topological polar surface area (TPSA) is 38.5 Å². The largest absolute Gasteiger partial charge is 0.493 e. The number of hydrogen-bond donors (Lipinski definition) is 1. The zero-order chi connectivity index (χ0) is 14.5. The van der Waals surface area contributed by atoms with Crippen molar-refractivity contribution in [2.45, 2.75) is 25.9 Å². The van der Waals surface area contributed by atoms with Crippen molar-refractivity contribution in [3.63, 3.8) is 0 Å². The summed E-state index contributed by atoms with van der Waals surface area (Å²) >= 11 is 0. The van der Waals surface area contributed by atoms with E-state index in [1.807, 2.05) is 6.92 Å². The lowest BCUT2D eigenvalue weighted by Gasteiger charge is -2.21. The van der Waals surface area contributed by atoms with E-state index in [-0.39, 0.29) is 6.54 Å². The fourth-order valence-corrected chi connectivity index (χ4v) is 1.55. The Morgan fingerprint density at radius 2 is 1.95 bits per heavy atom. The van der Waals surface area contributed by atoms with E-state index in [0.717, 1.165) is 6.42 Å². The Morgan fingerprint density at radius 1 is 1.26 bits per heavy atom. The number of rotatable bonds is 6. The van der Waals surface area contributed by atoms with Gasteiger partial charge in [-0.2, -0.15) is 13.2 Å². The summed E-state index contributed by atoms with van der Waals surface area (Å²) in [7, 11) is 1.60. The van der Waals surface area contributed by atoms with Crippen LogP contribution in [0.15, 0.2) is 18.2 Å². The van der Waals surface area contributed by atoms with Crippen LogP contribution in [0.1, 0.15) is 19.8 Å². The molecule has 0 saturated heterocycles. The summed E-state index contributed by atoms with van der Waals surface area (Å²) in [5, 5.41) is 0. The zero-order valence-corrected chi connectivity index (χ0v) is 11.1. The first-order valence-electron chi connectivity index (χ1n) is 6.13. The number of nitrogens with two attached hydrogens (primary N) is 1. The number of anilines is 2. The van der Waals surface area contributed by atoms with E-state index in [4.69, 9.17) is 10.5 Å².